The first kappa shape index (κ1) is 14.7. The molecule has 0 radical (unpaired) electrons. The number of aryl methyl sites for hydroxylation is 1. The van der Waals surface area contributed by atoms with Crippen molar-refractivity contribution < 1.29 is 14.3 Å². The minimum atomic E-state index is -0.129. The molecule has 1 aromatic rings. The van der Waals surface area contributed by atoms with Crippen LogP contribution in [0.25, 0.3) is 0 Å². The van der Waals surface area contributed by atoms with Crippen molar-refractivity contribution in [3.8, 4) is 0 Å². The summed E-state index contributed by atoms with van der Waals surface area (Å²) in [6.45, 7) is 4.24. The third-order valence-corrected chi connectivity index (χ3v) is 4.82. The summed E-state index contributed by atoms with van der Waals surface area (Å²) in [5.74, 6) is 0.341. The van der Waals surface area contributed by atoms with E-state index >= 15 is 0 Å². The standard InChI is InChI=1S/C17H23NO3/c1-2-13-12-18-7-3-15(13)16(19)14-4-8-21-17(11-14)5-9-20-10-6-17/h3,7,12,14H,2,4-6,8-11H2,1H3. The second-order valence-electron chi connectivity index (χ2n) is 6.08. The third kappa shape index (κ3) is 3.01. The number of Topliss-reactive ketones (excluding diaryl/α,β-unsaturated/α-hetero) is 1. The Bertz CT molecular complexity index is 503. The predicted molar refractivity (Wildman–Crippen MR) is 79.4 cm³/mol. The van der Waals surface area contributed by atoms with Crippen LogP contribution < -0.4 is 0 Å². The Labute approximate surface area is 125 Å². The van der Waals surface area contributed by atoms with Crippen LogP contribution >= 0.6 is 0 Å². The van der Waals surface area contributed by atoms with Gasteiger partial charge in [-0.05, 0) is 43.7 Å². The van der Waals surface area contributed by atoms with Gasteiger partial charge in [0, 0.05) is 43.7 Å². The molecule has 0 aliphatic carbocycles. The highest BCUT2D eigenvalue weighted by Gasteiger charge is 2.41. The van der Waals surface area contributed by atoms with E-state index in [0.717, 1.165) is 56.4 Å². The first-order valence-corrected chi connectivity index (χ1v) is 7.93. The van der Waals surface area contributed by atoms with Crippen molar-refractivity contribution in [2.24, 2.45) is 5.92 Å². The molecule has 21 heavy (non-hydrogen) atoms. The van der Waals surface area contributed by atoms with E-state index in [4.69, 9.17) is 9.47 Å². The summed E-state index contributed by atoms with van der Waals surface area (Å²) in [4.78, 5) is 17.0. The highest BCUT2D eigenvalue weighted by atomic mass is 16.5. The van der Waals surface area contributed by atoms with E-state index < -0.39 is 0 Å². The number of hydrogen-bond donors (Lipinski definition) is 0. The average molecular weight is 289 g/mol. The van der Waals surface area contributed by atoms with E-state index in [0.29, 0.717) is 6.61 Å². The van der Waals surface area contributed by atoms with Crippen LogP contribution in [0, 0.1) is 5.92 Å². The van der Waals surface area contributed by atoms with Gasteiger partial charge in [0.2, 0.25) is 0 Å². The molecule has 2 aliphatic heterocycles. The summed E-state index contributed by atoms with van der Waals surface area (Å²) in [7, 11) is 0. The Morgan fingerprint density at radius 3 is 2.95 bits per heavy atom. The molecular weight excluding hydrogens is 266 g/mol. The molecule has 1 spiro atoms. The van der Waals surface area contributed by atoms with Crippen LogP contribution in [0.15, 0.2) is 18.5 Å². The number of hydrogen-bond acceptors (Lipinski definition) is 4. The Hall–Kier alpha value is -1.26. The van der Waals surface area contributed by atoms with Gasteiger partial charge in [0.1, 0.15) is 0 Å². The van der Waals surface area contributed by atoms with E-state index in [1.54, 1.807) is 6.20 Å². The predicted octanol–water partition coefficient (Wildman–Crippen LogP) is 2.80. The fraction of sp³-hybridized carbons (Fsp3) is 0.647. The van der Waals surface area contributed by atoms with E-state index in [-0.39, 0.29) is 17.3 Å². The van der Waals surface area contributed by atoms with Crippen molar-refractivity contribution >= 4 is 5.78 Å². The maximum Gasteiger partial charge on any atom is 0.166 e. The zero-order valence-electron chi connectivity index (χ0n) is 12.6. The molecule has 2 fully saturated rings. The Morgan fingerprint density at radius 1 is 1.38 bits per heavy atom. The van der Waals surface area contributed by atoms with Crippen LogP contribution in [-0.2, 0) is 15.9 Å². The van der Waals surface area contributed by atoms with E-state index in [9.17, 15) is 4.79 Å². The molecule has 1 unspecified atom stereocenters. The van der Waals surface area contributed by atoms with Crippen molar-refractivity contribution in [2.45, 2.75) is 44.6 Å². The van der Waals surface area contributed by atoms with Crippen molar-refractivity contribution in [2.75, 3.05) is 19.8 Å². The molecular formula is C17H23NO3. The van der Waals surface area contributed by atoms with Gasteiger partial charge in [-0.3, -0.25) is 9.78 Å². The Balaban J connectivity index is 1.78. The first-order chi connectivity index (χ1) is 10.2. The molecule has 3 rings (SSSR count). The number of ether oxygens (including phenoxy) is 2. The quantitative estimate of drug-likeness (QED) is 0.803. The smallest absolute Gasteiger partial charge is 0.166 e. The Morgan fingerprint density at radius 2 is 2.19 bits per heavy atom. The van der Waals surface area contributed by atoms with Crippen LogP contribution in [-0.4, -0.2) is 36.2 Å². The lowest BCUT2D eigenvalue weighted by atomic mass is 9.77. The van der Waals surface area contributed by atoms with Gasteiger partial charge in [0.15, 0.2) is 5.78 Å². The molecule has 0 aromatic carbocycles. The molecule has 0 saturated carbocycles. The summed E-state index contributed by atoms with van der Waals surface area (Å²) < 4.78 is 11.5. The number of carbonyl (C=O) groups is 1. The zero-order chi connectivity index (χ0) is 14.7. The summed E-state index contributed by atoms with van der Waals surface area (Å²) >= 11 is 0. The molecule has 4 nitrogen and oxygen atoms in total. The summed E-state index contributed by atoms with van der Waals surface area (Å²) in [6, 6.07) is 1.87. The number of carbonyl (C=O) groups excluding carboxylic acids is 1. The van der Waals surface area contributed by atoms with E-state index in [2.05, 4.69) is 11.9 Å². The molecule has 2 saturated heterocycles. The molecule has 1 atom stereocenters. The second kappa shape index (κ2) is 6.24. The number of aromatic nitrogens is 1. The number of pyridine rings is 1. The van der Waals surface area contributed by atoms with Gasteiger partial charge < -0.3 is 9.47 Å². The fourth-order valence-corrected chi connectivity index (χ4v) is 3.51. The SMILES string of the molecule is CCc1cnccc1C(=O)C1CCOC2(CCOCC2)C1. The monoisotopic (exact) mass is 289 g/mol. The van der Waals surface area contributed by atoms with E-state index in [1.807, 2.05) is 12.3 Å². The highest BCUT2D eigenvalue weighted by molar-refractivity contribution is 5.99. The number of nitrogens with zero attached hydrogens (tertiary/aromatic N) is 1. The zero-order valence-corrected chi connectivity index (χ0v) is 12.6. The largest absolute Gasteiger partial charge is 0.381 e. The van der Waals surface area contributed by atoms with Gasteiger partial charge in [-0.15, -0.1) is 0 Å². The molecule has 0 N–H and O–H groups in total. The second-order valence-corrected chi connectivity index (χ2v) is 6.08. The number of rotatable bonds is 3. The molecule has 4 heteroatoms. The van der Waals surface area contributed by atoms with Gasteiger partial charge in [0.05, 0.1) is 5.60 Å². The lowest BCUT2D eigenvalue weighted by Gasteiger charge is -2.43. The fourth-order valence-electron chi connectivity index (χ4n) is 3.51. The van der Waals surface area contributed by atoms with Crippen LogP contribution in [0.3, 0.4) is 0 Å². The molecule has 114 valence electrons. The molecule has 0 bridgehead atoms. The normalized spacial score (nSPS) is 24.9. The molecule has 0 amide bonds. The Kier molecular flexibility index (Phi) is 4.36. The summed E-state index contributed by atoms with van der Waals surface area (Å²) in [5.41, 5.74) is 1.77. The molecule has 2 aliphatic rings. The van der Waals surface area contributed by atoms with Crippen molar-refractivity contribution in [1.82, 2.24) is 4.98 Å². The van der Waals surface area contributed by atoms with Crippen molar-refractivity contribution in [1.29, 1.82) is 0 Å². The minimum absolute atomic E-state index is 0.0737. The van der Waals surface area contributed by atoms with E-state index in [1.165, 1.54) is 0 Å². The summed E-state index contributed by atoms with van der Waals surface area (Å²) in [5, 5.41) is 0. The van der Waals surface area contributed by atoms with Gasteiger partial charge in [-0.25, -0.2) is 0 Å². The van der Waals surface area contributed by atoms with Crippen LogP contribution in [0.5, 0.6) is 0 Å². The van der Waals surface area contributed by atoms with Gasteiger partial charge >= 0.3 is 0 Å². The topological polar surface area (TPSA) is 48.4 Å². The average Bonchev–Trinajstić information content (AvgIpc) is 2.55. The first-order valence-electron chi connectivity index (χ1n) is 7.93. The van der Waals surface area contributed by atoms with Gasteiger partial charge in [0.25, 0.3) is 0 Å². The third-order valence-electron chi connectivity index (χ3n) is 4.82. The maximum atomic E-state index is 12.9. The van der Waals surface area contributed by atoms with Crippen LogP contribution in [0.4, 0.5) is 0 Å². The lowest BCUT2D eigenvalue weighted by molar-refractivity contribution is -0.142. The number of ketones is 1. The van der Waals surface area contributed by atoms with Crippen molar-refractivity contribution in [3.05, 3.63) is 29.6 Å². The van der Waals surface area contributed by atoms with Crippen LogP contribution in [0.2, 0.25) is 0 Å². The van der Waals surface area contributed by atoms with Crippen molar-refractivity contribution in [3.63, 3.8) is 0 Å². The summed E-state index contributed by atoms with van der Waals surface area (Å²) in [6.07, 6.45) is 7.86. The highest BCUT2D eigenvalue weighted by Crippen LogP contribution is 2.38. The minimum Gasteiger partial charge on any atom is -0.381 e. The lowest BCUT2D eigenvalue weighted by Crippen LogP contribution is -2.46. The maximum absolute atomic E-state index is 12.9. The molecule has 1 aromatic heterocycles. The van der Waals surface area contributed by atoms with Gasteiger partial charge in [-0.1, -0.05) is 6.92 Å². The van der Waals surface area contributed by atoms with Gasteiger partial charge in [-0.2, -0.15) is 0 Å². The van der Waals surface area contributed by atoms with Crippen LogP contribution in [0.1, 0.15) is 48.5 Å². The molecule has 3 heterocycles.